The number of rotatable bonds is 3. The van der Waals surface area contributed by atoms with E-state index < -0.39 is 0 Å². The van der Waals surface area contributed by atoms with Crippen LogP contribution in [0.25, 0.3) is 0 Å². The molecule has 0 spiro atoms. The Labute approximate surface area is 123 Å². The molecule has 0 saturated carbocycles. The zero-order valence-electron chi connectivity index (χ0n) is 13.0. The molecule has 1 aromatic carbocycles. The quantitative estimate of drug-likeness (QED) is 0.908. The molecule has 2 aliphatic rings. The minimum atomic E-state index is 0.550. The molecule has 110 valence electrons. The monoisotopic (exact) mass is 273 g/mol. The second-order valence-electron chi connectivity index (χ2n) is 6.43. The molecule has 0 amide bonds. The molecule has 0 aromatic heterocycles. The van der Waals surface area contributed by atoms with Crippen molar-refractivity contribution >= 4 is 0 Å². The predicted molar refractivity (Wildman–Crippen MR) is 84.1 cm³/mol. The summed E-state index contributed by atoms with van der Waals surface area (Å²) < 4.78 is 0. The van der Waals surface area contributed by atoms with Gasteiger partial charge in [-0.3, -0.25) is 9.80 Å². The van der Waals surface area contributed by atoms with E-state index in [0.29, 0.717) is 6.04 Å². The van der Waals surface area contributed by atoms with Crippen molar-refractivity contribution in [3.8, 4) is 0 Å². The standard InChI is InChI=1S/C17H27N3/c1-13-4-5-14(2)17(10-13)15(3)20-11-16(12-20)19-8-6-18-7-9-19/h4-5,10,15-16,18H,6-9,11-12H2,1-3H3. The summed E-state index contributed by atoms with van der Waals surface area (Å²) in [5.74, 6) is 0. The third kappa shape index (κ3) is 2.76. The van der Waals surface area contributed by atoms with Gasteiger partial charge in [0.2, 0.25) is 0 Å². The Bertz CT molecular complexity index is 459. The molecule has 0 radical (unpaired) electrons. The van der Waals surface area contributed by atoms with Gasteiger partial charge in [0.1, 0.15) is 0 Å². The number of hydrogen-bond donors (Lipinski definition) is 1. The summed E-state index contributed by atoms with van der Waals surface area (Å²) in [6.07, 6.45) is 0. The van der Waals surface area contributed by atoms with Gasteiger partial charge in [-0.25, -0.2) is 0 Å². The molecule has 3 rings (SSSR count). The van der Waals surface area contributed by atoms with Crippen LogP contribution >= 0.6 is 0 Å². The average molecular weight is 273 g/mol. The van der Waals surface area contributed by atoms with Crippen LogP contribution in [0.5, 0.6) is 0 Å². The zero-order chi connectivity index (χ0) is 14.1. The molecule has 1 atom stereocenters. The van der Waals surface area contributed by atoms with Crippen LogP contribution in [0, 0.1) is 13.8 Å². The molecule has 1 aromatic rings. The van der Waals surface area contributed by atoms with Crippen LogP contribution < -0.4 is 5.32 Å². The van der Waals surface area contributed by atoms with Crippen LogP contribution in [0.4, 0.5) is 0 Å². The Balaban J connectivity index is 1.60. The minimum absolute atomic E-state index is 0.550. The molecule has 2 saturated heterocycles. The van der Waals surface area contributed by atoms with Gasteiger partial charge in [-0.2, -0.15) is 0 Å². The van der Waals surface area contributed by atoms with Gasteiger partial charge in [-0.1, -0.05) is 23.8 Å². The Morgan fingerprint density at radius 2 is 1.85 bits per heavy atom. The summed E-state index contributed by atoms with van der Waals surface area (Å²) in [5.41, 5.74) is 4.30. The lowest BCUT2D eigenvalue weighted by Crippen LogP contribution is -2.62. The maximum atomic E-state index is 3.44. The first-order valence-electron chi connectivity index (χ1n) is 7.91. The van der Waals surface area contributed by atoms with Crippen molar-refractivity contribution in [2.24, 2.45) is 0 Å². The van der Waals surface area contributed by atoms with Crippen LogP contribution in [-0.4, -0.2) is 55.1 Å². The second-order valence-corrected chi connectivity index (χ2v) is 6.43. The number of aryl methyl sites for hydroxylation is 2. The van der Waals surface area contributed by atoms with E-state index in [1.54, 1.807) is 0 Å². The second kappa shape index (κ2) is 5.84. The Hall–Kier alpha value is -0.900. The highest BCUT2D eigenvalue weighted by atomic mass is 15.3. The number of piperazine rings is 1. The predicted octanol–water partition coefficient (Wildman–Crippen LogP) is 1.95. The number of benzene rings is 1. The number of nitrogens with zero attached hydrogens (tertiary/aromatic N) is 2. The van der Waals surface area contributed by atoms with Gasteiger partial charge in [-0.05, 0) is 31.9 Å². The molecule has 2 heterocycles. The van der Waals surface area contributed by atoms with Crippen molar-refractivity contribution in [2.45, 2.75) is 32.9 Å². The van der Waals surface area contributed by atoms with E-state index in [-0.39, 0.29) is 0 Å². The molecule has 3 nitrogen and oxygen atoms in total. The van der Waals surface area contributed by atoms with Crippen LogP contribution in [0.1, 0.15) is 29.7 Å². The van der Waals surface area contributed by atoms with Crippen molar-refractivity contribution in [3.63, 3.8) is 0 Å². The highest BCUT2D eigenvalue weighted by molar-refractivity contribution is 5.33. The molecule has 1 N–H and O–H groups in total. The number of hydrogen-bond acceptors (Lipinski definition) is 3. The first kappa shape index (κ1) is 14.1. The van der Waals surface area contributed by atoms with E-state index in [1.165, 1.54) is 42.9 Å². The van der Waals surface area contributed by atoms with Crippen molar-refractivity contribution in [1.82, 2.24) is 15.1 Å². The van der Waals surface area contributed by atoms with Crippen LogP contribution in [0.3, 0.4) is 0 Å². The van der Waals surface area contributed by atoms with E-state index in [4.69, 9.17) is 0 Å². The minimum Gasteiger partial charge on any atom is -0.314 e. The molecular formula is C17H27N3. The summed E-state index contributed by atoms with van der Waals surface area (Å²) in [6.45, 7) is 14.0. The van der Waals surface area contributed by atoms with Gasteiger partial charge in [0.25, 0.3) is 0 Å². The fourth-order valence-electron chi connectivity index (χ4n) is 3.49. The Kier molecular flexibility index (Phi) is 4.11. The summed E-state index contributed by atoms with van der Waals surface area (Å²) in [7, 11) is 0. The average Bonchev–Trinajstić information content (AvgIpc) is 2.41. The van der Waals surface area contributed by atoms with E-state index in [0.717, 1.165) is 19.1 Å². The SMILES string of the molecule is Cc1ccc(C)c(C(C)N2CC(N3CCNCC3)C2)c1. The van der Waals surface area contributed by atoms with Gasteiger partial charge in [-0.15, -0.1) is 0 Å². The zero-order valence-corrected chi connectivity index (χ0v) is 13.0. The third-order valence-electron chi connectivity index (χ3n) is 4.99. The van der Waals surface area contributed by atoms with E-state index in [9.17, 15) is 0 Å². The van der Waals surface area contributed by atoms with E-state index in [2.05, 4.69) is 54.1 Å². The molecule has 2 aliphatic heterocycles. The molecular weight excluding hydrogens is 246 g/mol. The number of likely N-dealkylation sites (tertiary alicyclic amines) is 1. The lowest BCUT2D eigenvalue weighted by Gasteiger charge is -2.49. The molecule has 0 aliphatic carbocycles. The van der Waals surface area contributed by atoms with Gasteiger partial charge in [0.05, 0.1) is 0 Å². The fraction of sp³-hybridized carbons (Fsp3) is 0.647. The van der Waals surface area contributed by atoms with E-state index >= 15 is 0 Å². The first-order chi connectivity index (χ1) is 9.65. The Morgan fingerprint density at radius 3 is 2.55 bits per heavy atom. The molecule has 20 heavy (non-hydrogen) atoms. The lowest BCUT2D eigenvalue weighted by atomic mass is 9.95. The van der Waals surface area contributed by atoms with Crippen molar-refractivity contribution in [2.75, 3.05) is 39.3 Å². The smallest absolute Gasteiger partial charge is 0.0351 e. The molecule has 1 unspecified atom stereocenters. The number of nitrogens with one attached hydrogen (secondary N) is 1. The summed E-state index contributed by atoms with van der Waals surface area (Å²) in [4.78, 5) is 5.28. The maximum Gasteiger partial charge on any atom is 0.0351 e. The maximum absolute atomic E-state index is 3.44. The topological polar surface area (TPSA) is 18.5 Å². The third-order valence-corrected chi connectivity index (χ3v) is 4.99. The molecule has 2 fully saturated rings. The fourth-order valence-corrected chi connectivity index (χ4v) is 3.49. The van der Waals surface area contributed by atoms with Gasteiger partial charge in [0, 0.05) is 51.4 Å². The van der Waals surface area contributed by atoms with Crippen molar-refractivity contribution < 1.29 is 0 Å². The van der Waals surface area contributed by atoms with Crippen molar-refractivity contribution in [3.05, 3.63) is 34.9 Å². The van der Waals surface area contributed by atoms with Gasteiger partial charge < -0.3 is 5.32 Å². The van der Waals surface area contributed by atoms with E-state index in [1.807, 2.05) is 0 Å². The largest absolute Gasteiger partial charge is 0.314 e. The van der Waals surface area contributed by atoms with Crippen molar-refractivity contribution in [1.29, 1.82) is 0 Å². The van der Waals surface area contributed by atoms with Crippen LogP contribution in [-0.2, 0) is 0 Å². The highest BCUT2D eigenvalue weighted by Gasteiger charge is 2.35. The molecule has 0 bridgehead atoms. The summed E-state index contributed by atoms with van der Waals surface area (Å²) in [6, 6.07) is 8.16. The first-order valence-corrected chi connectivity index (χ1v) is 7.91. The summed E-state index contributed by atoms with van der Waals surface area (Å²) in [5, 5.41) is 3.44. The van der Waals surface area contributed by atoms with Crippen LogP contribution in [0.2, 0.25) is 0 Å². The summed E-state index contributed by atoms with van der Waals surface area (Å²) >= 11 is 0. The normalized spacial score (nSPS) is 23.6. The Morgan fingerprint density at radius 1 is 1.15 bits per heavy atom. The lowest BCUT2D eigenvalue weighted by molar-refractivity contribution is 0.00332. The highest BCUT2D eigenvalue weighted by Crippen LogP contribution is 2.30. The van der Waals surface area contributed by atoms with Gasteiger partial charge >= 0.3 is 0 Å². The van der Waals surface area contributed by atoms with Gasteiger partial charge in [0.15, 0.2) is 0 Å². The van der Waals surface area contributed by atoms with Crippen LogP contribution in [0.15, 0.2) is 18.2 Å². The molecule has 3 heteroatoms.